The van der Waals surface area contributed by atoms with Crippen LogP contribution in [-0.4, -0.2) is 9.97 Å². The van der Waals surface area contributed by atoms with E-state index >= 15 is 0 Å². The number of ether oxygens (including phenoxy) is 1. The Kier molecular flexibility index (Phi) is 8.04. The van der Waals surface area contributed by atoms with E-state index in [1.165, 1.54) is 0 Å². The second-order valence-corrected chi connectivity index (χ2v) is 16.1. The van der Waals surface area contributed by atoms with Crippen molar-refractivity contribution in [1.82, 2.24) is 9.97 Å². The van der Waals surface area contributed by atoms with Crippen LogP contribution in [-0.2, 0) is 25.8 Å². The van der Waals surface area contributed by atoms with Crippen LogP contribution < -0.4 is 19.4 Å². The van der Waals surface area contributed by atoms with Crippen LogP contribution in [0.25, 0.3) is 44.5 Å². The SMILES string of the molecule is [2H]c1c([2H])c([2H])c(-c2cccc(-c3c([2H])c([2H])c([2H])c([2H])c3[2H])c2N2[CH-]N(c3[c-]c(Oc4[c-]c5c(cc4)-c4ccccc4-c4cnccc4N5c4cc(C(C)(C)C)ccn4)ccc3)c3ccccc32)c([2H])c1[2H].[Pd]. The number of pyridine rings is 2. The molecule has 0 N–H and O–H groups in total. The minimum atomic E-state index is -0.569. The van der Waals surface area contributed by atoms with Gasteiger partial charge in [0.05, 0.1) is 19.4 Å². The van der Waals surface area contributed by atoms with Crippen molar-refractivity contribution >= 4 is 39.9 Å². The van der Waals surface area contributed by atoms with Gasteiger partial charge in [-0.3, -0.25) is 4.98 Å². The molecule has 0 atom stereocenters. The smallest absolute Gasteiger partial charge is 0.135 e. The Morgan fingerprint density at radius 2 is 1.20 bits per heavy atom. The second kappa shape index (κ2) is 16.8. The predicted octanol–water partition coefficient (Wildman–Crippen LogP) is 15.0. The molecule has 7 heteroatoms. The van der Waals surface area contributed by atoms with Gasteiger partial charge in [-0.05, 0) is 58.0 Å². The maximum atomic E-state index is 9.04. The van der Waals surface area contributed by atoms with Gasteiger partial charge in [0.25, 0.3) is 0 Å². The summed E-state index contributed by atoms with van der Waals surface area (Å²) in [6.45, 7) is 8.24. The summed E-state index contributed by atoms with van der Waals surface area (Å²) in [5, 5.41) is 0. The van der Waals surface area contributed by atoms with Gasteiger partial charge < -0.3 is 19.4 Å². The van der Waals surface area contributed by atoms with E-state index in [9.17, 15) is 0 Å². The van der Waals surface area contributed by atoms with Crippen LogP contribution in [0.15, 0.2) is 194 Å². The zero-order valence-electron chi connectivity index (χ0n) is 44.7. The van der Waals surface area contributed by atoms with Gasteiger partial charge >= 0.3 is 0 Å². The zero-order valence-corrected chi connectivity index (χ0v) is 36.3. The molecule has 0 spiro atoms. The summed E-state index contributed by atoms with van der Waals surface area (Å²) >= 11 is 0. The summed E-state index contributed by atoms with van der Waals surface area (Å²) in [4.78, 5) is 15.1. The fraction of sp³-hybridized carbons (Fsp3) is 0.0702. The van der Waals surface area contributed by atoms with Crippen molar-refractivity contribution in [2.45, 2.75) is 26.2 Å². The summed E-state index contributed by atoms with van der Waals surface area (Å²) in [5.74, 6) is 1.46. The third-order valence-electron chi connectivity index (χ3n) is 11.2. The third kappa shape index (κ3) is 7.33. The molecule has 0 saturated heterocycles. The van der Waals surface area contributed by atoms with Gasteiger partial charge in [-0.15, -0.1) is 48.3 Å². The molecular formula is C57H42N5OPd-3. The van der Waals surface area contributed by atoms with E-state index in [0.717, 1.165) is 39.2 Å². The molecule has 11 rings (SSSR count). The molecule has 6 nitrogen and oxygen atoms in total. The van der Waals surface area contributed by atoms with Gasteiger partial charge in [0.2, 0.25) is 0 Å². The van der Waals surface area contributed by atoms with Gasteiger partial charge in [0.15, 0.2) is 0 Å². The van der Waals surface area contributed by atoms with Crippen LogP contribution >= 0.6 is 0 Å². The van der Waals surface area contributed by atoms with Gasteiger partial charge in [-0.1, -0.05) is 147 Å². The van der Waals surface area contributed by atoms with E-state index < -0.39 is 60.4 Å². The van der Waals surface area contributed by atoms with Crippen molar-refractivity contribution in [3.8, 4) is 56.0 Å². The Bertz CT molecular complexity index is 3610. The number of nitrogens with zero attached hydrogens (tertiary/aromatic N) is 5. The van der Waals surface area contributed by atoms with Gasteiger partial charge in [0, 0.05) is 84.3 Å². The predicted molar refractivity (Wildman–Crippen MR) is 256 cm³/mol. The molecule has 4 heterocycles. The van der Waals surface area contributed by atoms with Crippen molar-refractivity contribution < 1.29 is 38.9 Å². The summed E-state index contributed by atoms with van der Waals surface area (Å²) in [5.41, 5.74) is 8.46. The number of hydrogen-bond acceptors (Lipinski definition) is 6. The molecule has 0 radical (unpaired) electrons. The number of para-hydroxylation sites is 3. The largest absolute Gasteiger partial charge is 0.509 e. The van der Waals surface area contributed by atoms with E-state index in [-0.39, 0.29) is 53.8 Å². The van der Waals surface area contributed by atoms with E-state index in [1.807, 2.05) is 90.1 Å². The van der Waals surface area contributed by atoms with Crippen LogP contribution in [0.4, 0.5) is 39.9 Å². The molecule has 0 aliphatic carbocycles. The first-order valence-electron chi connectivity index (χ1n) is 25.4. The van der Waals surface area contributed by atoms with Crippen molar-refractivity contribution in [2.75, 3.05) is 14.7 Å². The molecule has 64 heavy (non-hydrogen) atoms. The number of hydrogen-bond donors (Lipinski definition) is 0. The quantitative estimate of drug-likeness (QED) is 0.117. The third-order valence-corrected chi connectivity index (χ3v) is 11.2. The Morgan fingerprint density at radius 1 is 0.578 bits per heavy atom. The average molecular weight is 929 g/mol. The van der Waals surface area contributed by atoms with Crippen molar-refractivity contribution in [3.63, 3.8) is 0 Å². The molecule has 2 aromatic heterocycles. The van der Waals surface area contributed by atoms with E-state index in [1.54, 1.807) is 42.0 Å². The topological polar surface area (TPSA) is 44.7 Å². The number of rotatable bonds is 7. The summed E-state index contributed by atoms with van der Waals surface area (Å²) in [6, 6.07) is 37.7. The first-order valence-corrected chi connectivity index (χ1v) is 20.4. The van der Waals surface area contributed by atoms with Crippen molar-refractivity contribution in [2.24, 2.45) is 0 Å². The molecular weight excluding hydrogens is 877 g/mol. The number of anilines is 7. The molecule has 314 valence electrons. The number of benzene rings is 7. The molecule has 2 aliphatic heterocycles. The van der Waals surface area contributed by atoms with Gasteiger partial charge in [-0.25, -0.2) is 4.98 Å². The molecule has 0 unspecified atom stereocenters. The normalized spacial score (nSPS) is 14.8. The summed E-state index contributed by atoms with van der Waals surface area (Å²) < 4.78 is 93.9. The molecule has 2 aliphatic rings. The molecule has 0 saturated carbocycles. The molecule has 9 aromatic rings. The summed E-state index contributed by atoms with van der Waals surface area (Å²) in [6.07, 6.45) is 5.47. The number of fused-ring (bicyclic) bond motifs is 6. The molecule has 0 amide bonds. The number of aromatic nitrogens is 2. The van der Waals surface area contributed by atoms with Crippen molar-refractivity contribution in [3.05, 3.63) is 219 Å². The molecule has 0 fully saturated rings. The molecule has 0 bridgehead atoms. The van der Waals surface area contributed by atoms with Crippen LogP contribution in [0.3, 0.4) is 0 Å². The van der Waals surface area contributed by atoms with E-state index in [0.29, 0.717) is 34.4 Å². The Labute approximate surface area is 402 Å². The van der Waals surface area contributed by atoms with Gasteiger partial charge in [-0.2, -0.15) is 12.1 Å². The maximum Gasteiger partial charge on any atom is 0.135 e. The minimum absolute atomic E-state index is 0. The van der Waals surface area contributed by atoms with Crippen LogP contribution in [0.2, 0.25) is 0 Å². The minimum Gasteiger partial charge on any atom is -0.509 e. The van der Waals surface area contributed by atoms with E-state index in [2.05, 4.69) is 61.0 Å². The van der Waals surface area contributed by atoms with Gasteiger partial charge in [0.1, 0.15) is 5.82 Å². The first-order chi connectivity index (χ1) is 35.0. The maximum absolute atomic E-state index is 9.04. The van der Waals surface area contributed by atoms with E-state index in [4.69, 9.17) is 23.4 Å². The fourth-order valence-corrected chi connectivity index (χ4v) is 8.24. The average Bonchev–Trinajstić information content (AvgIpc) is 3.73. The zero-order chi connectivity index (χ0) is 51.2. The second-order valence-electron chi connectivity index (χ2n) is 16.1. The van der Waals surface area contributed by atoms with Crippen LogP contribution in [0.1, 0.15) is 40.0 Å². The Morgan fingerprint density at radius 3 is 1.91 bits per heavy atom. The Hall–Kier alpha value is -7.30. The van der Waals surface area contributed by atoms with Crippen molar-refractivity contribution in [1.29, 1.82) is 0 Å². The monoisotopic (exact) mass is 928 g/mol. The van der Waals surface area contributed by atoms with Crippen LogP contribution in [0, 0.1) is 18.8 Å². The first kappa shape index (κ1) is 30.7. The van der Waals surface area contributed by atoms with Crippen LogP contribution in [0.5, 0.6) is 11.5 Å². The fourth-order valence-electron chi connectivity index (χ4n) is 8.24. The molecule has 7 aromatic carbocycles. The summed E-state index contributed by atoms with van der Waals surface area (Å²) in [7, 11) is 0. The standard InChI is InChI=1S/C57H42N5O.Pd/c1-57(2,3)41-30-33-59-55(34-41)62-51-31-32-58-37-50(51)48-23-11-10-22-47(48)49-29-28-44(36-54(49)62)63-43-21-14-20-42(35-43)60-38-61(53-27-13-12-26-52(53)60)56-45(39-16-6-4-7-17-39)24-15-25-46(56)40-18-8-5-9-19-40;/h4-34,37-38H,1-3H3;/q-3;/i4D,5D,6D,7D,8D,9D,16D,17D,18D,19D;. The Balaban J connectivity index is 0.00000626.